The van der Waals surface area contributed by atoms with Gasteiger partial charge in [0.2, 0.25) is 5.91 Å². The number of sulfonamides is 1. The molecule has 24 heavy (non-hydrogen) atoms. The van der Waals surface area contributed by atoms with Crippen LogP contribution in [0.15, 0.2) is 52.3 Å². The third kappa shape index (κ3) is 3.53. The lowest BCUT2D eigenvalue weighted by atomic mass is 10.2. The minimum Gasteiger partial charge on any atom is -0.324 e. The van der Waals surface area contributed by atoms with Crippen LogP contribution in [0.5, 0.6) is 0 Å². The Morgan fingerprint density at radius 3 is 2.75 bits per heavy atom. The van der Waals surface area contributed by atoms with Gasteiger partial charge >= 0.3 is 0 Å². The first-order valence-electron chi connectivity index (χ1n) is 7.29. The van der Waals surface area contributed by atoms with Gasteiger partial charge in [-0.15, -0.1) is 11.8 Å². The number of amides is 1. The molecular weight excluding hydrogens is 368 g/mol. The summed E-state index contributed by atoms with van der Waals surface area (Å²) in [7, 11) is -3.77. The van der Waals surface area contributed by atoms with Crippen LogP contribution in [0.3, 0.4) is 0 Å². The predicted molar refractivity (Wildman–Crippen MR) is 97.3 cm³/mol. The third-order valence-corrected chi connectivity index (χ3v) is 6.58. The fourth-order valence-corrected chi connectivity index (χ4v) is 4.62. The zero-order valence-corrected chi connectivity index (χ0v) is 15.1. The number of rotatable bonds is 4. The number of fused-ring (bicyclic) bond motifs is 1. The SMILES string of the molecule is CC[C@H]1Sc2ccc(S(=O)(=O)Nc3cccc(Cl)c3)cc2NC1=O. The van der Waals surface area contributed by atoms with Crippen molar-refractivity contribution >= 4 is 50.7 Å². The second-order valence-electron chi connectivity index (χ2n) is 5.28. The number of carbonyl (C=O) groups is 1. The number of halogens is 1. The van der Waals surface area contributed by atoms with E-state index in [0.29, 0.717) is 22.8 Å². The zero-order chi connectivity index (χ0) is 17.3. The van der Waals surface area contributed by atoms with E-state index in [4.69, 9.17) is 11.6 Å². The van der Waals surface area contributed by atoms with E-state index < -0.39 is 10.0 Å². The molecule has 2 N–H and O–H groups in total. The Labute approximate surface area is 149 Å². The Morgan fingerprint density at radius 2 is 2.04 bits per heavy atom. The van der Waals surface area contributed by atoms with Gasteiger partial charge in [-0.05, 0) is 42.8 Å². The van der Waals surface area contributed by atoms with E-state index in [1.54, 1.807) is 24.3 Å². The summed E-state index contributed by atoms with van der Waals surface area (Å²) in [4.78, 5) is 12.9. The van der Waals surface area contributed by atoms with Gasteiger partial charge in [0.25, 0.3) is 10.0 Å². The molecule has 0 saturated heterocycles. The summed E-state index contributed by atoms with van der Waals surface area (Å²) in [5, 5.41) is 3.06. The van der Waals surface area contributed by atoms with E-state index in [-0.39, 0.29) is 16.1 Å². The van der Waals surface area contributed by atoms with Crippen molar-refractivity contribution in [1.82, 2.24) is 0 Å². The molecule has 0 aliphatic carbocycles. The standard InChI is InChI=1S/C16H15ClN2O3S2/c1-2-14-16(20)18-13-9-12(6-7-15(13)23-14)24(21,22)19-11-5-3-4-10(17)8-11/h3-9,14,19H,2H2,1H3,(H,18,20)/t14-/m1/s1. The highest BCUT2D eigenvalue weighted by Crippen LogP contribution is 2.38. The van der Waals surface area contributed by atoms with Gasteiger partial charge in [0.15, 0.2) is 0 Å². The lowest BCUT2D eigenvalue weighted by Crippen LogP contribution is -2.28. The molecule has 0 spiro atoms. The summed E-state index contributed by atoms with van der Waals surface area (Å²) < 4.78 is 27.5. The molecule has 1 amide bonds. The number of benzene rings is 2. The number of carbonyl (C=O) groups excluding carboxylic acids is 1. The van der Waals surface area contributed by atoms with Crippen molar-refractivity contribution in [2.75, 3.05) is 10.0 Å². The van der Waals surface area contributed by atoms with Crippen LogP contribution in [0, 0.1) is 0 Å². The quantitative estimate of drug-likeness (QED) is 0.839. The summed E-state index contributed by atoms with van der Waals surface area (Å²) in [6.07, 6.45) is 0.715. The highest BCUT2D eigenvalue weighted by molar-refractivity contribution is 8.01. The van der Waals surface area contributed by atoms with Crippen LogP contribution in [0.25, 0.3) is 0 Å². The summed E-state index contributed by atoms with van der Waals surface area (Å²) in [5.41, 5.74) is 0.897. The topological polar surface area (TPSA) is 75.3 Å². The van der Waals surface area contributed by atoms with Gasteiger partial charge in [0, 0.05) is 9.92 Å². The van der Waals surface area contributed by atoms with Gasteiger partial charge in [-0.2, -0.15) is 0 Å². The fourth-order valence-electron chi connectivity index (χ4n) is 2.33. The van der Waals surface area contributed by atoms with E-state index in [2.05, 4.69) is 10.0 Å². The van der Waals surface area contributed by atoms with Crippen LogP contribution in [-0.2, 0) is 14.8 Å². The molecule has 126 valence electrons. The summed E-state index contributed by atoms with van der Waals surface area (Å²) in [5.74, 6) is -0.104. The number of hydrogen-bond acceptors (Lipinski definition) is 4. The molecule has 5 nitrogen and oxygen atoms in total. The molecule has 1 heterocycles. The maximum Gasteiger partial charge on any atom is 0.261 e. The summed E-state index contributed by atoms with van der Waals surface area (Å²) in [6, 6.07) is 11.2. The first-order valence-corrected chi connectivity index (χ1v) is 10.0. The van der Waals surface area contributed by atoms with Crippen LogP contribution in [0.2, 0.25) is 5.02 Å². The van der Waals surface area contributed by atoms with Crippen LogP contribution < -0.4 is 10.0 Å². The molecule has 3 rings (SSSR count). The molecule has 2 aromatic carbocycles. The van der Waals surface area contributed by atoms with Crippen LogP contribution >= 0.6 is 23.4 Å². The molecule has 8 heteroatoms. The van der Waals surface area contributed by atoms with Crippen molar-refractivity contribution in [3.05, 3.63) is 47.5 Å². The van der Waals surface area contributed by atoms with Crippen molar-refractivity contribution in [3.8, 4) is 0 Å². The van der Waals surface area contributed by atoms with E-state index >= 15 is 0 Å². The van der Waals surface area contributed by atoms with Gasteiger partial charge in [-0.1, -0.05) is 24.6 Å². The summed E-state index contributed by atoms with van der Waals surface area (Å²) >= 11 is 7.32. The molecule has 0 aromatic heterocycles. The average Bonchev–Trinajstić information content (AvgIpc) is 2.53. The van der Waals surface area contributed by atoms with Gasteiger partial charge in [-0.25, -0.2) is 8.42 Å². The molecule has 0 fully saturated rings. The Morgan fingerprint density at radius 1 is 1.25 bits per heavy atom. The molecule has 0 saturated carbocycles. The van der Waals surface area contributed by atoms with Gasteiger partial charge in [0.1, 0.15) is 0 Å². The monoisotopic (exact) mass is 382 g/mol. The van der Waals surface area contributed by atoms with Crippen LogP contribution in [-0.4, -0.2) is 19.6 Å². The van der Waals surface area contributed by atoms with Crippen LogP contribution in [0.4, 0.5) is 11.4 Å². The first-order chi connectivity index (χ1) is 11.4. The Balaban J connectivity index is 1.90. The molecular formula is C16H15ClN2O3S2. The van der Waals surface area contributed by atoms with E-state index in [0.717, 1.165) is 4.90 Å². The highest BCUT2D eigenvalue weighted by atomic mass is 35.5. The second-order valence-corrected chi connectivity index (χ2v) is 8.64. The maximum absolute atomic E-state index is 12.5. The molecule has 0 bridgehead atoms. The second kappa shape index (κ2) is 6.66. The van der Waals surface area contributed by atoms with Crippen molar-refractivity contribution in [3.63, 3.8) is 0 Å². The third-order valence-electron chi connectivity index (χ3n) is 3.53. The summed E-state index contributed by atoms with van der Waals surface area (Å²) in [6.45, 7) is 1.94. The first kappa shape index (κ1) is 17.1. The molecule has 1 aliphatic rings. The predicted octanol–water partition coefficient (Wildman–Crippen LogP) is 3.96. The molecule has 1 aliphatic heterocycles. The molecule has 0 radical (unpaired) electrons. The van der Waals surface area contributed by atoms with Crippen LogP contribution in [0.1, 0.15) is 13.3 Å². The Hall–Kier alpha value is -1.70. The van der Waals surface area contributed by atoms with Crippen molar-refractivity contribution in [2.45, 2.75) is 28.4 Å². The minimum absolute atomic E-state index is 0.0806. The lowest BCUT2D eigenvalue weighted by Gasteiger charge is -2.23. The van der Waals surface area contributed by atoms with Gasteiger partial charge < -0.3 is 5.32 Å². The van der Waals surface area contributed by atoms with Gasteiger partial charge in [-0.3, -0.25) is 9.52 Å². The number of nitrogens with one attached hydrogen (secondary N) is 2. The number of thioether (sulfide) groups is 1. The number of anilines is 2. The van der Waals surface area contributed by atoms with Crippen molar-refractivity contribution in [2.24, 2.45) is 0 Å². The largest absolute Gasteiger partial charge is 0.324 e. The van der Waals surface area contributed by atoms with Crippen molar-refractivity contribution < 1.29 is 13.2 Å². The lowest BCUT2D eigenvalue weighted by molar-refractivity contribution is -0.115. The van der Waals surface area contributed by atoms with E-state index in [9.17, 15) is 13.2 Å². The highest BCUT2D eigenvalue weighted by Gasteiger charge is 2.27. The van der Waals surface area contributed by atoms with E-state index in [1.807, 2.05) is 6.92 Å². The smallest absolute Gasteiger partial charge is 0.261 e. The molecule has 1 atom stereocenters. The number of hydrogen-bond donors (Lipinski definition) is 2. The average molecular weight is 383 g/mol. The Kier molecular flexibility index (Phi) is 4.76. The molecule has 0 unspecified atom stereocenters. The van der Waals surface area contributed by atoms with E-state index in [1.165, 1.54) is 30.0 Å². The zero-order valence-electron chi connectivity index (χ0n) is 12.7. The normalized spacial score (nSPS) is 17.1. The van der Waals surface area contributed by atoms with Gasteiger partial charge in [0.05, 0.1) is 21.5 Å². The maximum atomic E-state index is 12.5. The minimum atomic E-state index is -3.77. The van der Waals surface area contributed by atoms with Crippen molar-refractivity contribution in [1.29, 1.82) is 0 Å². The molecule has 2 aromatic rings. The Bertz CT molecular complexity index is 900. The fraction of sp³-hybridized carbons (Fsp3) is 0.188.